The molecule has 1 rings (SSSR count). The lowest BCUT2D eigenvalue weighted by atomic mass is 10.2. The van der Waals surface area contributed by atoms with Gasteiger partial charge in [-0.05, 0) is 6.92 Å². The van der Waals surface area contributed by atoms with Crippen LogP contribution in [0.4, 0.5) is 0 Å². The Bertz CT molecular complexity index is 72.2. The lowest BCUT2D eigenvalue weighted by Crippen LogP contribution is -1.66. The molecule has 1 aliphatic rings. The van der Waals surface area contributed by atoms with E-state index in [-0.39, 0.29) is 4.84 Å². The van der Waals surface area contributed by atoms with Crippen molar-refractivity contribution >= 4 is 46.4 Å². The summed E-state index contributed by atoms with van der Waals surface area (Å²) < 4.78 is 0. The van der Waals surface area contributed by atoms with Gasteiger partial charge in [0.2, 0.25) is 0 Å². The molecule has 0 unspecified atom stereocenters. The van der Waals surface area contributed by atoms with Gasteiger partial charge in [-0.1, -0.05) is 44.9 Å². The molecular weight excluding hydrogens is 274 g/mol. The molecule has 94 valence electrons. The maximum absolute atomic E-state index is 5.05. The zero-order chi connectivity index (χ0) is 11.9. The molecule has 0 heterocycles. The Morgan fingerprint density at radius 2 is 0.867 bits per heavy atom. The molecule has 1 aliphatic carbocycles. The second-order valence-electron chi connectivity index (χ2n) is 3.37. The summed E-state index contributed by atoms with van der Waals surface area (Å²) in [5.41, 5.74) is 0. The van der Waals surface area contributed by atoms with E-state index in [0.717, 1.165) is 0 Å². The molecule has 0 saturated heterocycles. The highest BCUT2D eigenvalue weighted by Gasteiger charge is 1.95. The topological polar surface area (TPSA) is 0 Å². The van der Waals surface area contributed by atoms with Crippen molar-refractivity contribution in [2.45, 2.75) is 56.7 Å². The van der Waals surface area contributed by atoms with Crippen LogP contribution in [-0.2, 0) is 0 Å². The van der Waals surface area contributed by atoms with E-state index in [1.165, 1.54) is 44.9 Å². The summed E-state index contributed by atoms with van der Waals surface area (Å²) in [5.74, 6) is 1.11. The molecule has 0 atom stereocenters. The fraction of sp³-hybridized carbons (Fsp3) is 1.00. The molecule has 0 amide bonds. The fourth-order valence-electron chi connectivity index (χ4n) is 1.24. The van der Waals surface area contributed by atoms with Crippen molar-refractivity contribution in [3.63, 3.8) is 0 Å². The van der Waals surface area contributed by atoms with Crippen LogP contribution in [0, 0.1) is 0 Å². The van der Waals surface area contributed by atoms with Crippen molar-refractivity contribution in [2.75, 3.05) is 11.8 Å². The third kappa shape index (κ3) is 31.3. The first-order valence-electron chi connectivity index (χ1n) is 5.55. The predicted molar refractivity (Wildman–Crippen MR) is 74.9 cm³/mol. The fourth-order valence-corrected chi connectivity index (χ4v) is 1.24. The van der Waals surface area contributed by atoms with Crippen LogP contribution in [0.2, 0.25) is 0 Å². The summed E-state index contributed by atoms with van der Waals surface area (Å²) in [6.07, 6.45) is 10.5. The quantitative estimate of drug-likeness (QED) is 0.411. The summed E-state index contributed by atoms with van der Waals surface area (Å²) in [5, 5.41) is 0. The SMILES string of the molecule is C1CCCCCC1.CC(Cl)Cl.ClCCCl. The summed E-state index contributed by atoms with van der Waals surface area (Å²) in [7, 11) is 0. The van der Waals surface area contributed by atoms with Gasteiger partial charge in [0.05, 0.1) is 0 Å². The smallest absolute Gasteiger partial charge is 0.105 e. The minimum Gasteiger partial charge on any atom is -0.125 e. The molecule has 0 radical (unpaired) electrons. The normalized spacial score (nSPS) is 15.6. The van der Waals surface area contributed by atoms with Gasteiger partial charge in [-0.2, -0.15) is 0 Å². The average Bonchev–Trinajstić information content (AvgIpc) is 2.48. The Balaban J connectivity index is 0. The molecule has 0 aliphatic heterocycles. The average molecular weight is 296 g/mol. The summed E-state index contributed by atoms with van der Waals surface area (Å²) >= 11 is 20.2. The van der Waals surface area contributed by atoms with Gasteiger partial charge in [-0.25, -0.2) is 0 Å². The van der Waals surface area contributed by atoms with Crippen molar-refractivity contribution in [3.05, 3.63) is 0 Å². The molecule has 4 heteroatoms. The Kier molecular flexibility index (Phi) is 21.7. The molecule has 0 aromatic heterocycles. The molecule has 0 nitrogen and oxygen atoms in total. The molecule has 0 aromatic rings. The van der Waals surface area contributed by atoms with Gasteiger partial charge in [-0.3, -0.25) is 0 Å². The molecule has 1 saturated carbocycles. The Labute approximate surface area is 115 Å². The van der Waals surface area contributed by atoms with Crippen LogP contribution in [-0.4, -0.2) is 16.6 Å². The number of rotatable bonds is 1. The van der Waals surface area contributed by atoms with Crippen LogP contribution < -0.4 is 0 Å². The highest BCUT2D eigenvalue weighted by molar-refractivity contribution is 6.43. The number of alkyl halides is 4. The van der Waals surface area contributed by atoms with Gasteiger partial charge >= 0.3 is 0 Å². The summed E-state index contributed by atoms with van der Waals surface area (Å²) in [6.45, 7) is 1.70. The third-order valence-electron chi connectivity index (χ3n) is 1.82. The highest BCUT2D eigenvalue weighted by atomic mass is 35.5. The standard InChI is InChI=1S/C7H14.2C2H4Cl2/c1-2-4-6-7-5-3-1;1-2(3)4;3-1-2-4/h1-7H2;2H,1H3;1-2H2. The van der Waals surface area contributed by atoms with E-state index in [0.29, 0.717) is 11.8 Å². The first-order valence-corrected chi connectivity index (χ1v) is 7.49. The van der Waals surface area contributed by atoms with Gasteiger partial charge in [0.15, 0.2) is 0 Å². The molecule has 0 aromatic carbocycles. The van der Waals surface area contributed by atoms with Crippen LogP contribution in [0.25, 0.3) is 0 Å². The molecule has 0 N–H and O–H groups in total. The van der Waals surface area contributed by atoms with Crippen LogP contribution in [0.5, 0.6) is 0 Å². The van der Waals surface area contributed by atoms with Gasteiger partial charge < -0.3 is 0 Å². The first-order chi connectivity index (χ1) is 7.15. The first kappa shape index (κ1) is 18.5. The van der Waals surface area contributed by atoms with Crippen molar-refractivity contribution in [1.82, 2.24) is 0 Å². The van der Waals surface area contributed by atoms with E-state index in [1.54, 1.807) is 6.92 Å². The lowest BCUT2D eigenvalue weighted by Gasteiger charge is -1.85. The van der Waals surface area contributed by atoms with E-state index < -0.39 is 0 Å². The van der Waals surface area contributed by atoms with Gasteiger partial charge in [0.25, 0.3) is 0 Å². The summed E-state index contributed by atoms with van der Waals surface area (Å²) in [6, 6.07) is 0. The van der Waals surface area contributed by atoms with E-state index in [4.69, 9.17) is 46.4 Å². The van der Waals surface area contributed by atoms with Gasteiger partial charge in [0.1, 0.15) is 4.84 Å². The number of hydrogen-bond acceptors (Lipinski definition) is 0. The van der Waals surface area contributed by atoms with Crippen LogP contribution in [0.15, 0.2) is 0 Å². The number of hydrogen-bond donors (Lipinski definition) is 0. The van der Waals surface area contributed by atoms with Crippen molar-refractivity contribution < 1.29 is 0 Å². The largest absolute Gasteiger partial charge is 0.125 e. The zero-order valence-corrected chi connectivity index (χ0v) is 12.5. The van der Waals surface area contributed by atoms with Crippen LogP contribution in [0.1, 0.15) is 51.9 Å². The molecule has 1 fully saturated rings. The van der Waals surface area contributed by atoms with E-state index >= 15 is 0 Å². The second kappa shape index (κ2) is 17.6. The zero-order valence-electron chi connectivity index (χ0n) is 9.45. The minimum absolute atomic E-state index is 0.222. The molecule has 0 spiro atoms. The maximum Gasteiger partial charge on any atom is 0.105 e. The van der Waals surface area contributed by atoms with E-state index in [9.17, 15) is 0 Å². The Hall–Kier alpha value is 1.16. The monoisotopic (exact) mass is 294 g/mol. The maximum atomic E-state index is 5.05. The Morgan fingerprint density at radius 3 is 0.933 bits per heavy atom. The van der Waals surface area contributed by atoms with Crippen LogP contribution >= 0.6 is 46.4 Å². The van der Waals surface area contributed by atoms with Crippen molar-refractivity contribution in [3.8, 4) is 0 Å². The molecular formula is C11H22Cl4. The van der Waals surface area contributed by atoms with E-state index in [1.807, 2.05) is 0 Å². The van der Waals surface area contributed by atoms with Gasteiger partial charge in [-0.15, -0.1) is 46.4 Å². The molecule has 15 heavy (non-hydrogen) atoms. The van der Waals surface area contributed by atoms with Crippen molar-refractivity contribution in [1.29, 1.82) is 0 Å². The third-order valence-corrected chi connectivity index (χ3v) is 2.39. The summed E-state index contributed by atoms with van der Waals surface area (Å²) in [4.78, 5) is -0.222. The van der Waals surface area contributed by atoms with Crippen LogP contribution in [0.3, 0.4) is 0 Å². The van der Waals surface area contributed by atoms with E-state index in [2.05, 4.69) is 0 Å². The number of halogens is 4. The minimum atomic E-state index is -0.222. The lowest BCUT2D eigenvalue weighted by molar-refractivity contribution is 0.702. The predicted octanol–water partition coefficient (Wildman–Crippen LogP) is 6.00. The van der Waals surface area contributed by atoms with Crippen molar-refractivity contribution in [2.24, 2.45) is 0 Å². The van der Waals surface area contributed by atoms with Gasteiger partial charge in [0, 0.05) is 11.8 Å². The second-order valence-corrected chi connectivity index (χ2v) is 5.66. The molecule has 0 bridgehead atoms. The Morgan fingerprint density at radius 1 is 0.733 bits per heavy atom. The highest BCUT2D eigenvalue weighted by Crippen LogP contribution is 2.15.